The summed E-state index contributed by atoms with van der Waals surface area (Å²) in [6.45, 7) is 11.4. The molecule has 0 unspecified atom stereocenters. The molecule has 0 N–H and O–H groups in total. The van der Waals surface area contributed by atoms with Crippen LogP contribution in [0.2, 0.25) is 0 Å². The van der Waals surface area contributed by atoms with E-state index in [4.69, 9.17) is 9.47 Å². The normalized spacial score (nSPS) is 37.2. The predicted molar refractivity (Wildman–Crippen MR) is 49.0 cm³/mol. The van der Waals surface area contributed by atoms with Crippen molar-refractivity contribution < 1.29 is 9.47 Å². The van der Waals surface area contributed by atoms with Crippen LogP contribution < -0.4 is 0 Å². The second-order valence-electron chi connectivity index (χ2n) is 4.60. The Hall–Kier alpha value is -0.0800. The molecule has 72 valence electrons. The first-order chi connectivity index (χ1) is 5.41. The standard InChI is InChI=1S/C10H20O2/c1-6-10(9(3,4)5)11-7-8(2)12-10/h8H,6-7H2,1-5H3/t8-,10-/m1/s1. The summed E-state index contributed by atoms with van der Waals surface area (Å²) in [5, 5.41) is 0. The molecule has 1 heterocycles. The first kappa shape index (κ1) is 10.0. The fourth-order valence-electron chi connectivity index (χ4n) is 1.75. The van der Waals surface area contributed by atoms with E-state index in [1.807, 2.05) is 0 Å². The third-order valence-corrected chi connectivity index (χ3v) is 2.55. The van der Waals surface area contributed by atoms with E-state index in [9.17, 15) is 0 Å². The third kappa shape index (κ3) is 1.50. The first-order valence-electron chi connectivity index (χ1n) is 4.73. The molecule has 1 aliphatic heterocycles. The maximum atomic E-state index is 5.84. The molecule has 0 saturated carbocycles. The summed E-state index contributed by atoms with van der Waals surface area (Å²) in [7, 11) is 0. The fraction of sp³-hybridized carbons (Fsp3) is 1.00. The molecular formula is C10H20O2. The van der Waals surface area contributed by atoms with E-state index in [0.717, 1.165) is 13.0 Å². The van der Waals surface area contributed by atoms with Gasteiger partial charge in [0.25, 0.3) is 0 Å². The molecule has 1 rings (SSSR count). The highest BCUT2D eigenvalue weighted by Crippen LogP contribution is 2.42. The Kier molecular flexibility index (Phi) is 2.50. The topological polar surface area (TPSA) is 18.5 Å². The SMILES string of the molecule is CC[C@@]1(C(C)(C)C)OC[C@@H](C)O1. The van der Waals surface area contributed by atoms with Gasteiger partial charge >= 0.3 is 0 Å². The maximum absolute atomic E-state index is 5.84. The van der Waals surface area contributed by atoms with Crippen LogP contribution in [-0.4, -0.2) is 18.5 Å². The molecule has 0 aliphatic carbocycles. The fourth-order valence-corrected chi connectivity index (χ4v) is 1.75. The average molecular weight is 172 g/mol. The van der Waals surface area contributed by atoms with Crippen molar-refractivity contribution in [2.75, 3.05) is 6.61 Å². The molecule has 0 aromatic rings. The Bertz CT molecular complexity index is 160. The van der Waals surface area contributed by atoms with Crippen LogP contribution >= 0.6 is 0 Å². The van der Waals surface area contributed by atoms with Gasteiger partial charge in [-0.25, -0.2) is 0 Å². The molecule has 1 saturated heterocycles. The molecule has 0 aromatic carbocycles. The molecule has 2 nitrogen and oxygen atoms in total. The minimum Gasteiger partial charge on any atom is -0.347 e. The number of rotatable bonds is 1. The largest absolute Gasteiger partial charge is 0.347 e. The quantitative estimate of drug-likeness (QED) is 0.605. The van der Waals surface area contributed by atoms with Crippen LogP contribution in [0, 0.1) is 5.41 Å². The molecule has 0 amide bonds. The summed E-state index contributed by atoms with van der Waals surface area (Å²) in [5.74, 6) is -0.355. The predicted octanol–water partition coefficient (Wildman–Crippen LogP) is 2.57. The van der Waals surface area contributed by atoms with E-state index in [1.54, 1.807) is 0 Å². The van der Waals surface area contributed by atoms with Gasteiger partial charge in [-0.05, 0) is 13.3 Å². The van der Waals surface area contributed by atoms with E-state index in [0.29, 0.717) is 0 Å². The van der Waals surface area contributed by atoms with Gasteiger partial charge in [-0.2, -0.15) is 0 Å². The van der Waals surface area contributed by atoms with Crippen LogP contribution in [-0.2, 0) is 9.47 Å². The smallest absolute Gasteiger partial charge is 0.173 e. The van der Waals surface area contributed by atoms with Gasteiger partial charge < -0.3 is 9.47 Å². The number of hydrogen-bond acceptors (Lipinski definition) is 2. The van der Waals surface area contributed by atoms with Crippen LogP contribution in [0.4, 0.5) is 0 Å². The van der Waals surface area contributed by atoms with E-state index >= 15 is 0 Å². The van der Waals surface area contributed by atoms with Crippen molar-refractivity contribution >= 4 is 0 Å². The summed E-state index contributed by atoms with van der Waals surface area (Å²) in [6.07, 6.45) is 1.16. The van der Waals surface area contributed by atoms with Crippen molar-refractivity contribution in [1.29, 1.82) is 0 Å². The zero-order chi connectivity index (χ0) is 9.41. The van der Waals surface area contributed by atoms with Crippen LogP contribution in [0.15, 0.2) is 0 Å². The molecule has 0 spiro atoms. The van der Waals surface area contributed by atoms with Gasteiger partial charge in [0.05, 0.1) is 12.7 Å². The Morgan fingerprint density at radius 3 is 2.17 bits per heavy atom. The molecule has 12 heavy (non-hydrogen) atoms. The van der Waals surface area contributed by atoms with E-state index < -0.39 is 0 Å². The van der Waals surface area contributed by atoms with Crippen molar-refractivity contribution in [3.8, 4) is 0 Å². The van der Waals surface area contributed by atoms with Crippen molar-refractivity contribution in [2.24, 2.45) is 5.41 Å². The monoisotopic (exact) mass is 172 g/mol. The van der Waals surface area contributed by atoms with Gasteiger partial charge in [0, 0.05) is 5.41 Å². The summed E-state index contributed by atoms with van der Waals surface area (Å²) < 4.78 is 11.6. The second kappa shape index (κ2) is 3.00. The lowest BCUT2D eigenvalue weighted by Crippen LogP contribution is -2.43. The van der Waals surface area contributed by atoms with Crippen LogP contribution in [0.25, 0.3) is 0 Å². The van der Waals surface area contributed by atoms with Gasteiger partial charge in [-0.15, -0.1) is 0 Å². The molecule has 1 fully saturated rings. The first-order valence-corrected chi connectivity index (χ1v) is 4.73. The molecule has 2 heteroatoms. The Balaban J connectivity index is 2.78. The van der Waals surface area contributed by atoms with Gasteiger partial charge in [-0.3, -0.25) is 0 Å². The Morgan fingerprint density at radius 2 is 2.00 bits per heavy atom. The van der Waals surface area contributed by atoms with E-state index in [1.165, 1.54) is 0 Å². The van der Waals surface area contributed by atoms with Crippen molar-refractivity contribution in [1.82, 2.24) is 0 Å². The third-order valence-electron chi connectivity index (χ3n) is 2.55. The van der Waals surface area contributed by atoms with Gasteiger partial charge in [-0.1, -0.05) is 27.7 Å². The van der Waals surface area contributed by atoms with Gasteiger partial charge in [0.1, 0.15) is 0 Å². The Labute approximate surface area is 75.2 Å². The lowest BCUT2D eigenvalue weighted by molar-refractivity contribution is -0.231. The van der Waals surface area contributed by atoms with Crippen molar-refractivity contribution in [3.63, 3.8) is 0 Å². The minimum absolute atomic E-state index is 0.0620. The van der Waals surface area contributed by atoms with Gasteiger partial charge in [0.2, 0.25) is 0 Å². The highest BCUT2D eigenvalue weighted by atomic mass is 16.7. The molecule has 1 aliphatic rings. The average Bonchev–Trinajstić information content (AvgIpc) is 2.31. The zero-order valence-electron chi connectivity index (χ0n) is 8.81. The maximum Gasteiger partial charge on any atom is 0.173 e. The molecule has 2 atom stereocenters. The van der Waals surface area contributed by atoms with Crippen molar-refractivity contribution in [3.05, 3.63) is 0 Å². The summed E-state index contributed by atoms with van der Waals surface area (Å²) in [5.41, 5.74) is 0.0620. The summed E-state index contributed by atoms with van der Waals surface area (Å²) >= 11 is 0. The van der Waals surface area contributed by atoms with Crippen LogP contribution in [0.5, 0.6) is 0 Å². The lowest BCUT2D eigenvalue weighted by atomic mass is 9.84. The summed E-state index contributed by atoms with van der Waals surface area (Å²) in [4.78, 5) is 0. The summed E-state index contributed by atoms with van der Waals surface area (Å²) in [6, 6.07) is 0. The second-order valence-corrected chi connectivity index (χ2v) is 4.60. The van der Waals surface area contributed by atoms with E-state index in [-0.39, 0.29) is 17.3 Å². The number of ether oxygens (including phenoxy) is 2. The van der Waals surface area contributed by atoms with Crippen LogP contribution in [0.3, 0.4) is 0 Å². The van der Waals surface area contributed by atoms with Crippen molar-refractivity contribution in [2.45, 2.75) is 52.9 Å². The highest BCUT2D eigenvalue weighted by molar-refractivity contribution is 4.87. The Morgan fingerprint density at radius 1 is 1.42 bits per heavy atom. The highest BCUT2D eigenvalue weighted by Gasteiger charge is 2.47. The van der Waals surface area contributed by atoms with Gasteiger partial charge in [0.15, 0.2) is 5.79 Å². The minimum atomic E-state index is -0.355. The van der Waals surface area contributed by atoms with E-state index in [2.05, 4.69) is 34.6 Å². The molecular weight excluding hydrogens is 152 g/mol. The molecule has 0 bridgehead atoms. The van der Waals surface area contributed by atoms with Crippen LogP contribution in [0.1, 0.15) is 41.0 Å². The zero-order valence-corrected chi connectivity index (χ0v) is 8.81. The number of hydrogen-bond donors (Lipinski definition) is 0. The molecule has 0 aromatic heterocycles. The molecule has 0 radical (unpaired) electrons. The lowest BCUT2D eigenvalue weighted by Gasteiger charge is -2.39.